The van der Waals surface area contributed by atoms with E-state index in [1.165, 1.54) is 16.8 Å². The Morgan fingerprint density at radius 2 is 1.78 bits per heavy atom. The second kappa shape index (κ2) is 7.52. The average molecular weight is 366 g/mol. The van der Waals surface area contributed by atoms with Crippen LogP contribution in [0.5, 0.6) is 0 Å². The number of anilines is 1. The minimum Gasteiger partial charge on any atom is -0.0149 e. The van der Waals surface area contributed by atoms with Gasteiger partial charge in [-0.3, -0.25) is 0 Å². The number of hydrogen-bond acceptors (Lipinski definition) is 2. The van der Waals surface area contributed by atoms with Crippen LogP contribution in [0, 0.1) is 0 Å². The zero-order valence-electron chi connectivity index (χ0n) is 15.1. The van der Waals surface area contributed by atoms with Gasteiger partial charge in [-0.2, -0.15) is 0 Å². The van der Waals surface area contributed by atoms with Crippen molar-refractivity contribution >= 4 is 22.2 Å². The Bertz CT molecular complexity index is 610. The van der Waals surface area contributed by atoms with Gasteiger partial charge in [-0.15, -0.1) is 0 Å². The molecule has 0 bridgehead atoms. The van der Waals surface area contributed by atoms with Crippen LogP contribution in [0.25, 0.3) is 5.57 Å². The normalized spacial score (nSPS) is 14.9. The van der Waals surface area contributed by atoms with Crippen molar-refractivity contribution in [2.75, 3.05) is 19.0 Å². The zero-order valence-corrected chi connectivity index (χ0v) is 16.7. The van der Waals surface area contributed by atoms with Gasteiger partial charge in [0.25, 0.3) is 0 Å². The Kier molecular flexibility index (Phi) is 6.68. The molecular weight excluding hydrogens is 332 g/mol. The monoisotopic (exact) mass is 366 g/mol. The maximum absolute atomic E-state index is 3.92. The minimum atomic E-state index is -2.12. The van der Waals surface area contributed by atoms with Crippen LogP contribution < -0.4 is 8.70 Å². The van der Waals surface area contributed by atoms with Gasteiger partial charge >= 0.3 is 140 Å². The van der Waals surface area contributed by atoms with Gasteiger partial charge in [0.05, 0.1) is 0 Å². The zero-order chi connectivity index (χ0) is 16.5. The Morgan fingerprint density at radius 1 is 1.13 bits per heavy atom. The third-order valence-electron chi connectivity index (χ3n) is 4.06. The summed E-state index contributed by atoms with van der Waals surface area (Å²) in [5.41, 5.74) is 4.16. The molecule has 0 unspecified atom stereocenters. The van der Waals surface area contributed by atoms with E-state index >= 15 is 0 Å². The summed E-state index contributed by atoms with van der Waals surface area (Å²) >= 11 is -2.12. The molecule has 0 aromatic heterocycles. The smallest absolute Gasteiger partial charge is 0.0149 e. The number of benzene rings is 1. The van der Waals surface area contributed by atoms with E-state index in [0.29, 0.717) is 0 Å². The summed E-state index contributed by atoms with van der Waals surface area (Å²) in [6.07, 6.45) is 5.94. The van der Waals surface area contributed by atoms with Crippen LogP contribution in [0.15, 0.2) is 40.3 Å². The molecule has 1 aliphatic carbocycles. The van der Waals surface area contributed by atoms with E-state index in [1.54, 1.807) is 3.88 Å². The van der Waals surface area contributed by atoms with Crippen molar-refractivity contribution in [2.24, 2.45) is 0 Å². The molecule has 2 nitrogen and oxygen atoms in total. The number of hydrogen-bond donors (Lipinski definition) is 1. The van der Waals surface area contributed by atoms with E-state index in [1.807, 2.05) is 0 Å². The average Bonchev–Trinajstić information content (AvgIpc) is 2.86. The minimum absolute atomic E-state index is 0. The van der Waals surface area contributed by atoms with E-state index in [0.717, 1.165) is 6.42 Å². The number of nitrogens with one attached hydrogen (secondary N) is 1. The maximum atomic E-state index is 3.92. The summed E-state index contributed by atoms with van der Waals surface area (Å²) < 4.78 is 5.56. The van der Waals surface area contributed by atoms with Crippen molar-refractivity contribution < 1.29 is 16.8 Å². The molecule has 1 N–H and O–H groups in total. The third-order valence-corrected chi connectivity index (χ3v) is 9.26. The number of allylic oxidation sites excluding steroid dienone is 4. The molecular formula is C19H34N2SiTi. The predicted molar refractivity (Wildman–Crippen MR) is 107 cm³/mol. The van der Waals surface area contributed by atoms with Gasteiger partial charge in [0.1, 0.15) is 0 Å². The van der Waals surface area contributed by atoms with Crippen LogP contribution in [0.2, 0.25) is 10.5 Å². The molecule has 0 saturated carbocycles. The molecule has 1 aromatic rings. The first-order chi connectivity index (χ1) is 10.1. The predicted octanol–water partition coefficient (Wildman–Crippen LogP) is 3.53. The van der Waals surface area contributed by atoms with Crippen LogP contribution in [0.3, 0.4) is 0 Å². The standard InChI is InChI=1S/C13H14N.C4H10N.2CH3.H4Si.Ti/c1-14(2)13-9-5-8-12(10-13)11-6-3-4-7-11;1-4(2,3)5;;;;/h5-10H,3H2,1-2H3;5H,1-3H3;2*1H3;1H4;/q;-1;;;;+1. The summed E-state index contributed by atoms with van der Waals surface area (Å²) in [5.74, 6) is 0. The summed E-state index contributed by atoms with van der Waals surface area (Å²) in [7, 11) is 4.18. The van der Waals surface area contributed by atoms with Crippen LogP contribution in [-0.2, 0) is 16.8 Å². The second-order valence-electron chi connectivity index (χ2n) is 7.98. The van der Waals surface area contributed by atoms with Crippen LogP contribution in [0.4, 0.5) is 5.69 Å². The van der Waals surface area contributed by atoms with E-state index in [4.69, 9.17) is 0 Å². The molecule has 0 heterocycles. The van der Waals surface area contributed by atoms with Gasteiger partial charge in [0, 0.05) is 0 Å². The summed E-state index contributed by atoms with van der Waals surface area (Å²) in [6.45, 7) is 6.80. The molecule has 1 aromatic carbocycles. The van der Waals surface area contributed by atoms with Crippen molar-refractivity contribution in [3.63, 3.8) is 0 Å². The van der Waals surface area contributed by atoms with Gasteiger partial charge in [-0.25, -0.2) is 0 Å². The molecule has 4 heteroatoms. The quantitative estimate of drug-likeness (QED) is 0.821. The fourth-order valence-electron chi connectivity index (χ4n) is 3.14. The van der Waals surface area contributed by atoms with Crippen molar-refractivity contribution in [3.05, 3.63) is 45.9 Å². The van der Waals surface area contributed by atoms with Gasteiger partial charge < -0.3 is 0 Å². The Labute approximate surface area is 150 Å². The molecule has 0 saturated heterocycles. The Morgan fingerprint density at radius 3 is 2.35 bits per heavy atom. The topological polar surface area (TPSA) is 15.3 Å². The van der Waals surface area contributed by atoms with E-state index in [-0.39, 0.29) is 16.5 Å². The molecule has 1 aliphatic rings. The molecule has 0 amide bonds. The number of rotatable bonds is 4. The van der Waals surface area contributed by atoms with Crippen molar-refractivity contribution in [3.8, 4) is 0 Å². The van der Waals surface area contributed by atoms with Crippen LogP contribution in [-0.4, -0.2) is 30.6 Å². The first-order valence-electron chi connectivity index (χ1n) is 8.07. The summed E-state index contributed by atoms with van der Waals surface area (Å²) in [5, 5.41) is 4.92. The molecule has 128 valence electrons. The molecule has 23 heavy (non-hydrogen) atoms. The third kappa shape index (κ3) is 5.46. The Hall–Kier alpha value is -0.609. The largest absolute Gasteiger partial charge is 0.0149 e. The fraction of sp³-hybridized carbons (Fsp3) is 0.474. The van der Waals surface area contributed by atoms with Crippen molar-refractivity contribution in [1.29, 1.82) is 0 Å². The van der Waals surface area contributed by atoms with Gasteiger partial charge in [-0.05, 0) is 11.0 Å². The summed E-state index contributed by atoms with van der Waals surface area (Å²) in [4.78, 5) is 2.16. The van der Waals surface area contributed by atoms with Crippen LogP contribution >= 0.6 is 0 Å². The van der Waals surface area contributed by atoms with Gasteiger partial charge in [0.15, 0.2) is 0 Å². The van der Waals surface area contributed by atoms with E-state index in [9.17, 15) is 0 Å². The van der Waals surface area contributed by atoms with Gasteiger partial charge in [0.2, 0.25) is 0 Å². The SMILES string of the molecule is CN(C)c1cccc(C2=CC[C]([Ti]([CH3])([CH3])[NH]C(C)(C)C)=C2)c1.[SiH4]. The van der Waals surface area contributed by atoms with Crippen molar-refractivity contribution in [2.45, 2.75) is 43.2 Å². The van der Waals surface area contributed by atoms with Gasteiger partial charge in [-0.1, -0.05) is 0 Å². The molecule has 0 fully saturated rings. The first-order valence-corrected chi connectivity index (χ1v) is 12.8. The number of nitrogens with zero attached hydrogens (tertiary/aromatic N) is 1. The molecule has 2 rings (SSSR count). The maximum Gasteiger partial charge on any atom is -0.0149 e. The molecule has 0 aliphatic heterocycles. The second-order valence-corrected chi connectivity index (χ2v) is 14.4. The van der Waals surface area contributed by atoms with E-state index in [2.05, 4.69) is 90.4 Å². The van der Waals surface area contributed by atoms with Crippen molar-refractivity contribution in [1.82, 2.24) is 3.80 Å². The fourth-order valence-corrected chi connectivity index (χ4v) is 8.08. The molecule has 0 radical (unpaired) electrons. The molecule has 0 spiro atoms. The first kappa shape index (κ1) is 20.4. The molecule has 0 atom stereocenters. The van der Waals surface area contributed by atoms with Crippen LogP contribution in [0.1, 0.15) is 32.8 Å². The van der Waals surface area contributed by atoms with E-state index < -0.39 is 16.8 Å². The summed E-state index contributed by atoms with van der Waals surface area (Å²) in [6, 6.07) is 8.81. The Balaban J connectivity index is 0.00000264.